The number of pyridine rings is 2. The summed E-state index contributed by atoms with van der Waals surface area (Å²) in [6.45, 7) is 8.86. The fourth-order valence-electron chi connectivity index (χ4n) is 4.79. The molecule has 0 bridgehead atoms. The number of rotatable bonds is 5. The zero-order valence-electron chi connectivity index (χ0n) is 20.4. The molecule has 1 N–H and O–H groups in total. The van der Waals surface area contributed by atoms with Crippen LogP contribution in [-0.4, -0.2) is 29.1 Å². The maximum atomic E-state index is 13.4. The Balaban J connectivity index is 1.70. The molecule has 0 aliphatic rings. The van der Waals surface area contributed by atoms with Gasteiger partial charge in [-0.05, 0) is 57.0 Å². The van der Waals surface area contributed by atoms with Crippen molar-refractivity contribution in [2.75, 3.05) is 5.32 Å². The van der Waals surface area contributed by atoms with Gasteiger partial charge < -0.3 is 5.32 Å². The molecule has 8 heteroatoms. The molecule has 0 aliphatic carbocycles. The van der Waals surface area contributed by atoms with Crippen LogP contribution in [0.2, 0.25) is 0 Å². The number of nitrogens with zero attached hydrogens (tertiary/aromatic N) is 6. The Morgan fingerprint density at radius 2 is 1.85 bits per heavy atom. The number of fused-ring (bicyclic) bond motifs is 3. The van der Waals surface area contributed by atoms with Crippen molar-refractivity contribution in [2.45, 2.75) is 40.3 Å². The highest BCUT2D eigenvalue weighted by molar-refractivity contribution is 6.07. The highest BCUT2D eigenvalue weighted by Gasteiger charge is 2.20. The topological polar surface area (TPSA) is 82.6 Å². The standard InChI is InChI=1S/C26H29N7O/c1-7-33-25-21(13-28-33)23-19(10-15(2)11-20(23)26(34)32(25)6)17(4)30-22-9-8-16(3)29-24(22)18-12-27-31(5)14-18/h8-14,17,30H,7H2,1-6H3. The van der Waals surface area contributed by atoms with Gasteiger partial charge in [0.15, 0.2) is 0 Å². The molecule has 174 valence electrons. The van der Waals surface area contributed by atoms with E-state index in [2.05, 4.69) is 34.6 Å². The van der Waals surface area contributed by atoms with Crippen molar-refractivity contribution in [2.24, 2.45) is 14.1 Å². The number of benzene rings is 1. The van der Waals surface area contributed by atoms with Gasteiger partial charge in [0.2, 0.25) is 0 Å². The third kappa shape index (κ3) is 3.46. The van der Waals surface area contributed by atoms with Crippen LogP contribution in [0.3, 0.4) is 0 Å². The quantitative estimate of drug-likeness (QED) is 0.422. The molecular weight excluding hydrogens is 426 g/mol. The molecule has 4 aromatic heterocycles. The van der Waals surface area contributed by atoms with Crippen LogP contribution in [0, 0.1) is 13.8 Å². The minimum atomic E-state index is -0.0809. The smallest absolute Gasteiger partial charge is 0.259 e. The average molecular weight is 456 g/mol. The maximum Gasteiger partial charge on any atom is 0.259 e. The summed E-state index contributed by atoms with van der Waals surface area (Å²) in [6.07, 6.45) is 5.67. The molecule has 1 aromatic carbocycles. The van der Waals surface area contributed by atoms with Crippen molar-refractivity contribution in [3.63, 3.8) is 0 Å². The summed E-state index contributed by atoms with van der Waals surface area (Å²) in [5.41, 5.74) is 6.61. The Morgan fingerprint density at radius 1 is 1.06 bits per heavy atom. The lowest BCUT2D eigenvalue weighted by molar-refractivity contribution is 0.659. The van der Waals surface area contributed by atoms with Crippen molar-refractivity contribution in [1.82, 2.24) is 29.1 Å². The fraction of sp³-hybridized carbons (Fsp3) is 0.308. The van der Waals surface area contributed by atoms with Gasteiger partial charge in [-0.15, -0.1) is 0 Å². The summed E-state index contributed by atoms with van der Waals surface area (Å²) in [4.78, 5) is 18.1. The molecule has 1 unspecified atom stereocenters. The van der Waals surface area contributed by atoms with Gasteiger partial charge in [-0.2, -0.15) is 10.2 Å². The summed E-state index contributed by atoms with van der Waals surface area (Å²) >= 11 is 0. The lowest BCUT2D eigenvalue weighted by atomic mass is 9.95. The van der Waals surface area contributed by atoms with Crippen LogP contribution >= 0.6 is 0 Å². The molecule has 8 nitrogen and oxygen atoms in total. The minimum absolute atomic E-state index is 0.0112. The van der Waals surface area contributed by atoms with Crippen LogP contribution in [0.25, 0.3) is 33.1 Å². The van der Waals surface area contributed by atoms with Crippen molar-refractivity contribution in [1.29, 1.82) is 0 Å². The number of aryl methyl sites for hydroxylation is 5. The number of hydrogen-bond acceptors (Lipinski definition) is 5. The molecule has 5 rings (SSSR count). The predicted octanol–water partition coefficient (Wildman–Crippen LogP) is 4.49. The molecule has 0 amide bonds. The average Bonchev–Trinajstić information content (AvgIpc) is 3.44. The molecule has 5 aromatic rings. The van der Waals surface area contributed by atoms with Crippen molar-refractivity contribution in [3.8, 4) is 11.3 Å². The summed E-state index contributed by atoms with van der Waals surface area (Å²) in [5, 5.41) is 15.2. The van der Waals surface area contributed by atoms with Crippen molar-refractivity contribution < 1.29 is 0 Å². The molecule has 0 saturated carbocycles. The van der Waals surface area contributed by atoms with Crippen LogP contribution < -0.4 is 10.9 Å². The van der Waals surface area contributed by atoms with E-state index in [1.54, 1.807) is 9.25 Å². The molecular formula is C26H29N7O. The van der Waals surface area contributed by atoms with Gasteiger partial charge in [-0.3, -0.25) is 19.0 Å². The lowest BCUT2D eigenvalue weighted by Gasteiger charge is -2.21. The van der Waals surface area contributed by atoms with E-state index in [-0.39, 0.29) is 11.6 Å². The van der Waals surface area contributed by atoms with Gasteiger partial charge in [0.25, 0.3) is 5.56 Å². The lowest BCUT2D eigenvalue weighted by Crippen LogP contribution is -2.20. The number of aromatic nitrogens is 6. The first-order valence-corrected chi connectivity index (χ1v) is 11.5. The maximum absolute atomic E-state index is 13.4. The molecule has 0 radical (unpaired) electrons. The molecule has 34 heavy (non-hydrogen) atoms. The second-order valence-electron chi connectivity index (χ2n) is 8.96. The molecule has 4 heterocycles. The van der Waals surface area contributed by atoms with Gasteiger partial charge in [0.1, 0.15) is 5.65 Å². The summed E-state index contributed by atoms with van der Waals surface area (Å²) in [5.74, 6) is 0. The summed E-state index contributed by atoms with van der Waals surface area (Å²) < 4.78 is 5.36. The zero-order chi connectivity index (χ0) is 24.1. The largest absolute Gasteiger partial charge is 0.377 e. The van der Waals surface area contributed by atoms with E-state index < -0.39 is 0 Å². The highest BCUT2D eigenvalue weighted by atomic mass is 16.1. The van der Waals surface area contributed by atoms with Gasteiger partial charge >= 0.3 is 0 Å². The third-order valence-corrected chi connectivity index (χ3v) is 6.40. The van der Waals surface area contributed by atoms with E-state index >= 15 is 0 Å². The third-order valence-electron chi connectivity index (χ3n) is 6.40. The second kappa shape index (κ2) is 8.13. The number of anilines is 1. The first-order chi connectivity index (χ1) is 16.3. The van der Waals surface area contributed by atoms with Gasteiger partial charge in [-0.25, -0.2) is 4.68 Å². The molecule has 0 saturated heterocycles. The SMILES string of the molecule is CCn1ncc2c3c(C(C)Nc4ccc(C)nc4-c4cnn(C)c4)cc(C)cc3c(=O)n(C)c21. The monoisotopic (exact) mass is 455 g/mol. The first kappa shape index (κ1) is 21.9. The molecule has 0 fully saturated rings. The van der Waals surface area contributed by atoms with E-state index in [1.807, 2.05) is 70.3 Å². The fourth-order valence-corrected chi connectivity index (χ4v) is 4.79. The van der Waals surface area contributed by atoms with Crippen LogP contribution in [0.1, 0.15) is 36.7 Å². The van der Waals surface area contributed by atoms with Crippen molar-refractivity contribution >= 4 is 27.5 Å². The van der Waals surface area contributed by atoms with Gasteiger partial charge in [0.05, 0.1) is 23.8 Å². The van der Waals surface area contributed by atoms with Crippen LogP contribution in [0.5, 0.6) is 0 Å². The van der Waals surface area contributed by atoms with Crippen LogP contribution in [0.15, 0.2) is 47.7 Å². The van der Waals surface area contributed by atoms with E-state index in [9.17, 15) is 4.79 Å². The zero-order valence-corrected chi connectivity index (χ0v) is 20.4. The van der Waals surface area contributed by atoms with E-state index in [4.69, 9.17) is 4.98 Å². The highest BCUT2D eigenvalue weighted by Crippen LogP contribution is 2.34. The van der Waals surface area contributed by atoms with E-state index in [0.29, 0.717) is 11.9 Å². The summed E-state index contributed by atoms with van der Waals surface area (Å²) in [7, 11) is 3.72. The van der Waals surface area contributed by atoms with Crippen LogP contribution in [0.4, 0.5) is 5.69 Å². The second-order valence-corrected chi connectivity index (χ2v) is 8.96. The molecule has 1 atom stereocenters. The Labute approximate surface area is 197 Å². The Hall–Kier alpha value is -3.94. The number of nitrogens with one attached hydrogen (secondary N) is 1. The Kier molecular flexibility index (Phi) is 5.23. The molecule has 0 aliphatic heterocycles. The first-order valence-electron chi connectivity index (χ1n) is 11.5. The van der Waals surface area contributed by atoms with Gasteiger partial charge in [-0.1, -0.05) is 6.07 Å². The Bertz CT molecular complexity index is 1610. The molecule has 0 spiro atoms. The Morgan fingerprint density at radius 3 is 2.56 bits per heavy atom. The van der Waals surface area contributed by atoms with E-state index in [0.717, 1.165) is 50.2 Å². The normalized spacial score (nSPS) is 12.5. The summed E-state index contributed by atoms with van der Waals surface area (Å²) in [6, 6.07) is 8.12. The minimum Gasteiger partial charge on any atom is -0.377 e. The van der Waals surface area contributed by atoms with Crippen molar-refractivity contribution in [3.05, 3.63) is 70.0 Å². The van der Waals surface area contributed by atoms with E-state index in [1.165, 1.54) is 0 Å². The predicted molar refractivity (Wildman–Crippen MR) is 136 cm³/mol. The van der Waals surface area contributed by atoms with Gasteiger partial charge in [0, 0.05) is 60.3 Å². The number of hydrogen-bond donors (Lipinski definition) is 1. The van der Waals surface area contributed by atoms with Crippen LogP contribution in [-0.2, 0) is 20.6 Å².